The van der Waals surface area contributed by atoms with Crippen molar-refractivity contribution in [3.8, 4) is 0 Å². The van der Waals surface area contributed by atoms with Crippen LogP contribution >= 0.6 is 59.4 Å². The SMILES string of the molecule is Fc1ccc(C(Br)c2ccc(Br)cc2Cl)cc1Br. The minimum Gasteiger partial charge on any atom is -0.206 e. The van der Waals surface area contributed by atoms with Crippen LogP contribution in [0.4, 0.5) is 4.39 Å². The predicted molar refractivity (Wildman–Crippen MR) is 84.0 cm³/mol. The normalized spacial score (nSPS) is 12.5. The van der Waals surface area contributed by atoms with Gasteiger partial charge >= 0.3 is 0 Å². The highest BCUT2D eigenvalue weighted by Gasteiger charge is 2.15. The molecule has 0 saturated carbocycles. The van der Waals surface area contributed by atoms with Crippen LogP contribution in [0.25, 0.3) is 0 Å². The number of alkyl halides is 1. The summed E-state index contributed by atoms with van der Waals surface area (Å²) >= 11 is 16.3. The number of halogens is 5. The maximum absolute atomic E-state index is 13.2. The Kier molecular flexibility index (Phi) is 4.86. The van der Waals surface area contributed by atoms with Crippen molar-refractivity contribution in [3.63, 3.8) is 0 Å². The number of hydrogen-bond acceptors (Lipinski definition) is 0. The van der Waals surface area contributed by atoms with Gasteiger partial charge in [-0.05, 0) is 51.3 Å². The molecule has 0 saturated heterocycles. The first-order chi connectivity index (χ1) is 8.49. The molecule has 0 bridgehead atoms. The van der Waals surface area contributed by atoms with E-state index in [2.05, 4.69) is 47.8 Å². The van der Waals surface area contributed by atoms with E-state index in [1.54, 1.807) is 12.1 Å². The second kappa shape index (κ2) is 6.04. The molecule has 0 radical (unpaired) electrons. The van der Waals surface area contributed by atoms with Crippen molar-refractivity contribution in [2.45, 2.75) is 4.83 Å². The second-order valence-electron chi connectivity index (χ2n) is 3.70. The Balaban J connectivity index is 2.41. The van der Waals surface area contributed by atoms with E-state index in [-0.39, 0.29) is 10.6 Å². The standard InChI is InChI=1S/C13H7Br3ClF/c14-8-2-3-9(11(17)6-8)13(16)7-1-4-12(18)10(15)5-7/h1-6,13H. The van der Waals surface area contributed by atoms with Gasteiger partial charge in [0, 0.05) is 9.50 Å². The zero-order valence-electron chi connectivity index (χ0n) is 8.93. The third kappa shape index (κ3) is 3.16. The van der Waals surface area contributed by atoms with Gasteiger partial charge in [0.1, 0.15) is 5.82 Å². The van der Waals surface area contributed by atoms with Crippen LogP contribution in [-0.4, -0.2) is 0 Å². The number of benzene rings is 2. The van der Waals surface area contributed by atoms with E-state index in [0.29, 0.717) is 9.50 Å². The average Bonchev–Trinajstić information content (AvgIpc) is 2.32. The fourth-order valence-electron chi connectivity index (χ4n) is 1.56. The van der Waals surface area contributed by atoms with E-state index in [1.807, 2.05) is 18.2 Å². The molecule has 1 atom stereocenters. The van der Waals surface area contributed by atoms with Gasteiger partial charge in [-0.2, -0.15) is 0 Å². The topological polar surface area (TPSA) is 0 Å². The van der Waals surface area contributed by atoms with Crippen LogP contribution < -0.4 is 0 Å². The molecule has 0 amide bonds. The van der Waals surface area contributed by atoms with E-state index in [9.17, 15) is 4.39 Å². The van der Waals surface area contributed by atoms with Crippen molar-refractivity contribution >= 4 is 59.4 Å². The molecular formula is C13H7Br3ClF. The molecule has 2 rings (SSSR count). The Morgan fingerprint density at radius 1 is 1.06 bits per heavy atom. The van der Waals surface area contributed by atoms with Crippen LogP contribution in [0.15, 0.2) is 45.3 Å². The van der Waals surface area contributed by atoms with Crippen molar-refractivity contribution < 1.29 is 4.39 Å². The summed E-state index contributed by atoms with van der Waals surface area (Å²) in [5.74, 6) is -0.277. The lowest BCUT2D eigenvalue weighted by Gasteiger charge is -2.13. The summed E-state index contributed by atoms with van der Waals surface area (Å²) in [6, 6.07) is 10.6. The smallest absolute Gasteiger partial charge is 0.137 e. The van der Waals surface area contributed by atoms with E-state index >= 15 is 0 Å². The van der Waals surface area contributed by atoms with Crippen molar-refractivity contribution in [2.24, 2.45) is 0 Å². The molecule has 0 spiro atoms. The lowest BCUT2D eigenvalue weighted by Crippen LogP contribution is -1.95. The van der Waals surface area contributed by atoms with Gasteiger partial charge in [-0.25, -0.2) is 4.39 Å². The van der Waals surface area contributed by atoms with Crippen molar-refractivity contribution in [1.29, 1.82) is 0 Å². The molecular weight excluding hydrogens is 450 g/mol. The summed E-state index contributed by atoms with van der Waals surface area (Å²) in [6.45, 7) is 0. The maximum atomic E-state index is 13.2. The molecule has 0 aromatic heterocycles. The molecule has 2 aromatic rings. The molecule has 2 aromatic carbocycles. The Labute approximate surface area is 135 Å². The minimum absolute atomic E-state index is 0.0741. The summed E-state index contributed by atoms with van der Waals surface area (Å²) < 4.78 is 14.6. The largest absolute Gasteiger partial charge is 0.206 e. The van der Waals surface area contributed by atoms with Crippen LogP contribution in [0.2, 0.25) is 5.02 Å². The van der Waals surface area contributed by atoms with Gasteiger partial charge in [-0.1, -0.05) is 55.6 Å². The van der Waals surface area contributed by atoms with E-state index in [1.165, 1.54) is 6.07 Å². The number of rotatable bonds is 2. The third-order valence-electron chi connectivity index (χ3n) is 2.47. The first-order valence-electron chi connectivity index (χ1n) is 5.03. The molecule has 1 unspecified atom stereocenters. The third-order valence-corrected chi connectivity index (χ3v) is 4.92. The summed E-state index contributed by atoms with van der Waals surface area (Å²) in [4.78, 5) is -0.0741. The van der Waals surface area contributed by atoms with Gasteiger partial charge in [0.25, 0.3) is 0 Å². The van der Waals surface area contributed by atoms with Gasteiger partial charge in [0.05, 0.1) is 9.30 Å². The van der Waals surface area contributed by atoms with Crippen LogP contribution in [0.1, 0.15) is 16.0 Å². The maximum Gasteiger partial charge on any atom is 0.137 e. The summed E-state index contributed by atoms with van der Waals surface area (Å²) in [7, 11) is 0. The lowest BCUT2D eigenvalue weighted by molar-refractivity contribution is 0.620. The average molecular weight is 457 g/mol. The van der Waals surface area contributed by atoms with Gasteiger partial charge in [0.15, 0.2) is 0 Å². The molecule has 0 N–H and O–H groups in total. The molecule has 94 valence electrons. The first-order valence-corrected chi connectivity index (χ1v) is 7.91. The Morgan fingerprint density at radius 2 is 1.78 bits per heavy atom. The summed E-state index contributed by atoms with van der Waals surface area (Å²) in [6.07, 6.45) is 0. The quantitative estimate of drug-likeness (QED) is 0.453. The van der Waals surface area contributed by atoms with Gasteiger partial charge in [0.2, 0.25) is 0 Å². The number of hydrogen-bond donors (Lipinski definition) is 0. The van der Waals surface area contributed by atoms with Gasteiger partial charge in [-0.15, -0.1) is 0 Å². The first kappa shape index (κ1) is 14.5. The van der Waals surface area contributed by atoms with E-state index in [4.69, 9.17) is 11.6 Å². The van der Waals surface area contributed by atoms with Crippen LogP contribution in [-0.2, 0) is 0 Å². The van der Waals surface area contributed by atoms with E-state index in [0.717, 1.165) is 15.6 Å². The molecule has 5 heteroatoms. The highest BCUT2D eigenvalue weighted by molar-refractivity contribution is 9.10. The minimum atomic E-state index is -0.277. The molecule has 0 aliphatic rings. The van der Waals surface area contributed by atoms with Crippen molar-refractivity contribution in [2.75, 3.05) is 0 Å². The fraction of sp³-hybridized carbons (Fsp3) is 0.0769. The zero-order valence-corrected chi connectivity index (χ0v) is 14.4. The van der Waals surface area contributed by atoms with Gasteiger partial charge < -0.3 is 0 Å². The summed E-state index contributed by atoms with van der Waals surface area (Å²) in [5, 5.41) is 0.659. The highest BCUT2D eigenvalue weighted by Crippen LogP contribution is 2.37. The van der Waals surface area contributed by atoms with Crippen molar-refractivity contribution in [1.82, 2.24) is 0 Å². The summed E-state index contributed by atoms with van der Waals surface area (Å²) in [5.41, 5.74) is 1.88. The zero-order chi connectivity index (χ0) is 13.3. The molecule has 0 aliphatic heterocycles. The molecule has 0 heterocycles. The Hall–Kier alpha value is 0.1000. The predicted octanol–water partition coefficient (Wildman–Crippen LogP) is 6.49. The Bertz CT molecular complexity index is 586. The van der Waals surface area contributed by atoms with Crippen LogP contribution in [0, 0.1) is 5.82 Å². The second-order valence-corrected chi connectivity index (χ2v) is 6.79. The highest BCUT2D eigenvalue weighted by atomic mass is 79.9. The van der Waals surface area contributed by atoms with Gasteiger partial charge in [-0.3, -0.25) is 0 Å². The Morgan fingerprint density at radius 3 is 2.39 bits per heavy atom. The molecule has 0 fully saturated rings. The van der Waals surface area contributed by atoms with Crippen molar-refractivity contribution in [3.05, 3.63) is 67.3 Å². The molecule has 0 aliphatic carbocycles. The lowest BCUT2D eigenvalue weighted by atomic mass is 10.0. The molecule has 18 heavy (non-hydrogen) atoms. The fourth-order valence-corrected chi connectivity index (χ4v) is 3.55. The van der Waals surface area contributed by atoms with E-state index < -0.39 is 0 Å². The molecule has 0 nitrogen and oxygen atoms in total. The van der Waals surface area contributed by atoms with Crippen LogP contribution in [0.3, 0.4) is 0 Å². The monoisotopic (exact) mass is 454 g/mol. The van der Waals surface area contributed by atoms with Crippen LogP contribution in [0.5, 0.6) is 0 Å².